The molecule has 0 aromatic carbocycles. The summed E-state index contributed by atoms with van der Waals surface area (Å²) in [6.07, 6.45) is 6.42. The summed E-state index contributed by atoms with van der Waals surface area (Å²) >= 11 is 0. The third kappa shape index (κ3) is 3.26. The lowest BCUT2D eigenvalue weighted by molar-refractivity contribution is 0.564. The molecule has 136 valence electrons. The number of nitrogens with one attached hydrogen (secondary N) is 2. The van der Waals surface area contributed by atoms with Gasteiger partial charge in [-0.1, -0.05) is 20.8 Å². The van der Waals surface area contributed by atoms with E-state index in [0.717, 1.165) is 30.9 Å². The first-order chi connectivity index (χ1) is 12.4. The van der Waals surface area contributed by atoms with Crippen LogP contribution in [0.5, 0.6) is 0 Å². The van der Waals surface area contributed by atoms with E-state index in [1.54, 1.807) is 12.4 Å². The van der Waals surface area contributed by atoms with Crippen molar-refractivity contribution in [2.75, 3.05) is 18.4 Å². The van der Waals surface area contributed by atoms with Crippen LogP contribution < -0.4 is 10.6 Å². The molecule has 0 amide bonds. The Labute approximate surface area is 151 Å². The van der Waals surface area contributed by atoms with Gasteiger partial charge >= 0.3 is 0 Å². The second-order valence-electron chi connectivity index (χ2n) is 7.78. The Kier molecular flexibility index (Phi) is 4.11. The molecule has 0 spiro atoms. The summed E-state index contributed by atoms with van der Waals surface area (Å²) < 4.78 is 16.2. The van der Waals surface area contributed by atoms with Gasteiger partial charge in [0.2, 0.25) is 0 Å². The highest BCUT2D eigenvalue weighted by molar-refractivity contribution is 5.62. The third-order valence-corrected chi connectivity index (χ3v) is 4.63. The van der Waals surface area contributed by atoms with E-state index in [1.807, 2.05) is 10.6 Å². The van der Waals surface area contributed by atoms with Gasteiger partial charge in [0.15, 0.2) is 5.65 Å². The van der Waals surface area contributed by atoms with E-state index in [2.05, 4.69) is 46.4 Å². The number of imidazole rings is 1. The van der Waals surface area contributed by atoms with Crippen LogP contribution in [-0.2, 0) is 5.41 Å². The van der Waals surface area contributed by atoms with E-state index in [4.69, 9.17) is 0 Å². The van der Waals surface area contributed by atoms with Crippen molar-refractivity contribution in [2.24, 2.45) is 0 Å². The van der Waals surface area contributed by atoms with Crippen LogP contribution >= 0.6 is 0 Å². The minimum absolute atomic E-state index is 0.0900. The summed E-state index contributed by atoms with van der Waals surface area (Å²) in [5, 5.41) is 6.60. The molecule has 6 nitrogen and oxygen atoms in total. The predicted octanol–water partition coefficient (Wildman–Crippen LogP) is 3.00. The van der Waals surface area contributed by atoms with Crippen molar-refractivity contribution in [1.82, 2.24) is 24.7 Å². The molecule has 1 atom stereocenters. The monoisotopic (exact) mass is 354 g/mol. The van der Waals surface area contributed by atoms with Crippen molar-refractivity contribution in [2.45, 2.75) is 38.6 Å². The molecule has 7 heteroatoms. The number of aromatic nitrogens is 4. The standard InChI is InChI=1S/C19H23FN6/c1-19(2,3)16-11-26-15(9-23-18(26)10-22-16)14-6-12(20)7-17(25-14)24-13-4-5-21-8-13/h6-7,9-11,13,21H,4-5,8H2,1-3H3,(H,24,25). The minimum Gasteiger partial charge on any atom is -0.366 e. The van der Waals surface area contributed by atoms with Gasteiger partial charge in [-0.3, -0.25) is 9.38 Å². The number of hydrogen-bond acceptors (Lipinski definition) is 5. The van der Waals surface area contributed by atoms with Gasteiger partial charge in [0.05, 0.1) is 29.5 Å². The van der Waals surface area contributed by atoms with Crippen LogP contribution in [0.1, 0.15) is 32.9 Å². The molecule has 4 rings (SSSR count). The molecule has 0 saturated carbocycles. The Balaban J connectivity index is 1.75. The molecule has 1 aliphatic rings. The minimum atomic E-state index is -0.316. The first-order valence-electron chi connectivity index (χ1n) is 8.89. The molecule has 1 unspecified atom stereocenters. The number of halogens is 1. The molecular formula is C19H23FN6. The average molecular weight is 354 g/mol. The van der Waals surface area contributed by atoms with Gasteiger partial charge in [-0.25, -0.2) is 14.4 Å². The summed E-state index contributed by atoms with van der Waals surface area (Å²) in [4.78, 5) is 13.5. The number of fused-ring (bicyclic) bond motifs is 1. The zero-order valence-corrected chi connectivity index (χ0v) is 15.3. The summed E-state index contributed by atoms with van der Waals surface area (Å²) in [5.41, 5.74) is 2.87. The molecule has 3 aromatic heterocycles. The fourth-order valence-corrected chi connectivity index (χ4v) is 3.16. The maximum Gasteiger partial charge on any atom is 0.155 e. The first kappa shape index (κ1) is 16.9. The normalized spacial score (nSPS) is 17.8. The van der Waals surface area contributed by atoms with Crippen LogP contribution in [0, 0.1) is 5.82 Å². The maximum atomic E-state index is 14.2. The molecule has 26 heavy (non-hydrogen) atoms. The highest BCUT2D eigenvalue weighted by Crippen LogP contribution is 2.25. The molecule has 1 saturated heterocycles. The van der Waals surface area contributed by atoms with Crippen molar-refractivity contribution in [1.29, 1.82) is 0 Å². The highest BCUT2D eigenvalue weighted by atomic mass is 19.1. The lowest BCUT2D eigenvalue weighted by Crippen LogP contribution is -2.22. The molecule has 0 radical (unpaired) electrons. The Bertz CT molecular complexity index is 937. The molecule has 1 aliphatic heterocycles. The number of hydrogen-bond donors (Lipinski definition) is 2. The number of anilines is 1. The average Bonchev–Trinajstić information content (AvgIpc) is 3.22. The maximum absolute atomic E-state index is 14.2. The first-order valence-corrected chi connectivity index (χ1v) is 8.89. The molecule has 0 bridgehead atoms. The summed E-state index contributed by atoms with van der Waals surface area (Å²) in [7, 11) is 0. The quantitative estimate of drug-likeness (QED) is 0.757. The number of pyridine rings is 1. The van der Waals surface area contributed by atoms with Gasteiger partial charge in [-0.2, -0.15) is 0 Å². The SMILES string of the molecule is CC(C)(C)c1cn2c(-c3cc(F)cc(NC4CCNC4)n3)cnc2cn1. The van der Waals surface area contributed by atoms with Gasteiger partial charge < -0.3 is 10.6 Å². The zero-order valence-electron chi connectivity index (χ0n) is 15.3. The third-order valence-electron chi connectivity index (χ3n) is 4.63. The van der Waals surface area contributed by atoms with Crippen LogP contribution in [0.25, 0.3) is 17.0 Å². The number of nitrogens with zero attached hydrogens (tertiary/aromatic N) is 4. The van der Waals surface area contributed by atoms with Gasteiger partial charge in [0.25, 0.3) is 0 Å². The van der Waals surface area contributed by atoms with Crippen molar-refractivity contribution >= 4 is 11.5 Å². The molecular weight excluding hydrogens is 331 g/mol. The largest absolute Gasteiger partial charge is 0.366 e. The van der Waals surface area contributed by atoms with Gasteiger partial charge in [-0.05, 0) is 13.0 Å². The summed E-state index contributed by atoms with van der Waals surface area (Å²) in [6.45, 7) is 8.15. The highest BCUT2D eigenvalue weighted by Gasteiger charge is 2.19. The molecule has 3 aromatic rings. The van der Waals surface area contributed by atoms with E-state index in [9.17, 15) is 4.39 Å². The van der Waals surface area contributed by atoms with Crippen LogP contribution in [0.2, 0.25) is 0 Å². The van der Waals surface area contributed by atoms with Crippen molar-refractivity contribution in [3.8, 4) is 11.4 Å². The van der Waals surface area contributed by atoms with Crippen molar-refractivity contribution < 1.29 is 4.39 Å². The van der Waals surface area contributed by atoms with Crippen molar-refractivity contribution in [3.63, 3.8) is 0 Å². The summed E-state index contributed by atoms with van der Waals surface area (Å²) in [5.74, 6) is 0.234. The van der Waals surface area contributed by atoms with E-state index in [0.29, 0.717) is 17.2 Å². The Morgan fingerprint density at radius 1 is 1.23 bits per heavy atom. The Hall–Kier alpha value is -2.54. The summed E-state index contributed by atoms with van der Waals surface area (Å²) in [6, 6.07) is 3.15. The zero-order chi connectivity index (χ0) is 18.3. The second-order valence-corrected chi connectivity index (χ2v) is 7.78. The lowest BCUT2D eigenvalue weighted by Gasteiger charge is -2.18. The predicted molar refractivity (Wildman–Crippen MR) is 99.8 cm³/mol. The smallest absolute Gasteiger partial charge is 0.155 e. The fourth-order valence-electron chi connectivity index (χ4n) is 3.16. The topological polar surface area (TPSA) is 67.1 Å². The second kappa shape index (κ2) is 6.32. The molecule has 1 fully saturated rings. The van der Waals surface area contributed by atoms with Crippen LogP contribution in [0.3, 0.4) is 0 Å². The van der Waals surface area contributed by atoms with E-state index < -0.39 is 0 Å². The number of rotatable bonds is 3. The van der Waals surface area contributed by atoms with Crippen LogP contribution in [0.4, 0.5) is 10.2 Å². The fraction of sp³-hybridized carbons (Fsp3) is 0.421. The Morgan fingerprint density at radius 3 is 2.81 bits per heavy atom. The lowest BCUT2D eigenvalue weighted by atomic mass is 9.93. The van der Waals surface area contributed by atoms with E-state index in [-0.39, 0.29) is 17.3 Å². The van der Waals surface area contributed by atoms with Gasteiger partial charge in [0, 0.05) is 36.3 Å². The molecule has 2 N–H and O–H groups in total. The molecule has 4 heterocycles. The van der Waals surface area contributed by atoms with E-state index in [1.165, 1.54) is 12.1 Å². The van der Waals surface area contributed by atoms with Crippen LogP contribution in [-0.4, -0.2) is 38.5 Å². The van der Waals surface area contributed by atoms with E-state index >= 15 is 0 Å². The molecule has 0 aliphatic carbocycles. The van der Waals surface area contributed by atoms with Gasteiger partial charge in [-0.15, -0.1) is 0 Å². The van der Waals surface area contributed by atoms with Gasteiger partial charge in [0.1, 0.15) is 11.6 Å². The van der Waals surface area contributed by atoms with Crippen molar-refractivity contribution in [3.05, 3.63) is 42.2 Å². The van der Waals surface area contributed by atoms with Crippen LogP contribution in [0.15, 0.2) is 30.7 Å². The Morgan fingerprint density at radius 2 is 2.08 bits per heavy atom.